The SMILES string of the molecule is CCN(CC)C(=O)CCNc1nnc(CNC(C)C)o1. The second-order valence-corrected chi connectivity index (χ2v) is 4.78. The van der Waals surface area contributed by atoms with E-state index in [0.717, 1.165) is 13.1 Å². The molecule has 0 saturated heterocycles. The Kier molecular flexibility index (Phi) is 7.00. The van der Waals surface area contributed by atoms with Crippen LogP contribution < -0.4 is 10.6 Å². The van der Waals surface area contributed by atoms with Crippen LogP contribution in [0.25, 0.3) is 0 Å². The van der Waals surface area contributed by atoms with E-state index in [4.69, 9.17) is 4.42 Å². The third kappa shape index (κ3) is 5.56. The topological polar surface area (TPSA) is 83.3 Å². The lowest BCUT2D eigenvalue weighted by atomic mass is 10.3. The van der Waals surface area contributed by atoms with Crippen LogP contribution in [0.2, 0.25) is 0 Å². The van der Waals surface area contributed by atoms with Gasteiger partial charge in [0.05, 0.1) is 6.54 Å². The van der Waals surface area contributed by atoms with E-state index < -0.39 is 0 Å². The number of rotatable bonds is 9. The molecule has 0 bridgehead atoms. The summed E-state index contributed by atoms with van der Waals surface area (Å²) < 4.78 is 5.41. The minimum atomic E-state index is 0.128. The Morgan fingerprint density at radius 2 is 2.00 bits per heavy atom. The molecule has 0 atom stereocenters. The Hall–Kier alpha value is -1.63. The number of anilines is 1. The van der Waals surface area contributed by atoms with Gasteiger partial charge in [-0.25, -0.2) is 0 Å². The lowest BCUT2D eigenvalue weighted by molar-refractivity contribution is -0.130. The van der Waals surface area contributed by atoms with E-state index in [1.807, 2.05) is 27.7 Å². The highest BCUT2D eigenvalue weighted by Gasteiger charge is 2.10. The van der Waals surface area contributed by atoms with Crippen LogP contribution in [0.5, 0.6) is 0 Å². The van der Waals surface area contributed by atoms with E-state index in [1.165, 1.54) is 0 Å². The molecule has 0 fully saturated rings. The summed E-state index contributed by atoms with van der Waals surface area (Å²) in [7, 11) is 0. The maximum atomic E-state index is 11.8. The van der Waals surface area contributed by atoms with Gasteiger partial charge in [-0.3, -0.25) is 4.79 Å². The monoisotopic (exact) mass is 283 g/mol. The van der Waals surface area contributed by atoms with Gasteiger partial charge in [-0.15, -0.1) is 5.10 Å². The molecule has 1 amide bonds. The summed E-state index contributed by atoms with van der Waals surface area (Å²) in [6.07, 6.45) is 0.420. The minimum absolute atomic E-state index is 0.128. The largest absolute Gasteiger partial charge is 0.407 e. The highest BCUT2D eigenvalue weighted by Crippen LogP contribution is 2.05. The summed E-state index contributed by atoms with van der Waals surface area (Å²) >= 11 is 0. The number of carbonyl (C=O) groups is 1. The van der Waals surface area contributed by atoms with Crippen molar-refractivity contribution in [1.29, 1.82) is 0 Å². The van der Waals surface area contributed by atoms with Crippen molar-refractivity contribution in [2.24, 2.45) is 0 Å². The molecule has 0 aliphatic carbocycles. The fourth-order valence-electron chi connectivity index (χ4n) is 1.70. The quantitative estimate of drug-likeness (QED) is 0.709. The summed E-state index contributed by atoms with van der Waals surface area (Å²) in [5.74, 6) is 0.667. The molecule has 1 aromatic heterocycles. The first-order chi connectivity index (χ1) is 9.56. The first kappa shape index (κ1) is 16.4. The number of nitrogens with zero attached hydrogens (tertiary/aromatic N) is 3. The minimum Gasteiger partial charge on any atom is -0.407 e. The molecule has 7 heteroatoms. The lowest BCUT2D eigenvalue weighted by Crippen LogP contribution is -2.31. The number of hydrogen-bond acceptors (Lipinski definition) is 6. The van der Waals surface area contributed by atoms with Gasteiger partial charge in [-0.05, 0) is 13.8 Å². The maximum absolute atomic E-state index is 11.8. The maximum Gasteiger partial charge on any atom is 0.315 e. The Labute approximate surface area is 120 Å². The molecule has 20 heavy (non-hydrogen) atoms. The fourth-order valence-corrected chi connectivity index (χ4v) is 1.70. The summed E-state index contributed by atoms with van der Waals surface area (Å²) in [6, 6.07) is 0.725. The Morgan fingerprint density at radius 3 is 2.60 bits per heavy atom. The van der Waals surface area contributed by atoms with Crippen LogP contribution in [0.4, 0.5) is 6.01 Å². The van der Waals surface area contributed by atoms with E-state index in [0.29, 0.717) is 37.5 Å². The molecule has 7 nitrogen and oxygen atoms in total. The van der Waals surface area contributed by atoms with Crippen molar-refractivity contribution in [1.82, 2.24) is 20.4 Å². The van der Waals surface area contributed by atoms with Crippen LogP contribution >= 0.6 is 0 Å². The van der Waals surface area contributed by atoms with Gasteiger partial charge in [0.25, 0.3) is 0 Å². The molecular formula is C13H25N5O2. The molecule has 2 N–H and O–H groups in total. The number of hydrogen-bond donors (Lipinski definition) is 2. The fraction of sp³-hybridized carbons (Fsp3) is 0.769. The van der Waals surface area contributed by atoms with Crippen molar-refractivity contribution in [3.05, 3.63) is 5.89 Å². The van der Waals surface area contributed by atoms with Gasteiger partial charge in [0.15, 0.2) is 0 Å². The summed E-state index contributed by atoms with van der Waals surface area (Å²) in [4.78, 5) is 13.6. The van der Waals surface area contributed by atoms with Crippen LogP contribution in [-0.2, 0) is 11.3 Å². The molecule has 0 aliphatic rings. The average molecular weight is 283 g/mol. The van der Waals surface area contributed by atoms with Crippen molar-refractivity contribution >= 4 is 11.9 Å². The summed E-state index contributed by atoms with van der Waals surface area (Å²) in [5, 5.41) is 14.0. The predicted molar refractivity (Wildman–Crippen MR) is 77.3 cm³/mol. The van der Waals surface area contributed by atoms with Crippen molar-refractivity contribution in [3.8, 4) is 0 Å². The van der Waals surface area contributed by atoms with Crippen molar-refractivity contribution < 1.29 is 9.21 Å². The van der Waals surface area contributed by atoms with E-state index in [2.05, 4.69) is 20.8 Å². The van der Waals surface area contributed by atoms with Crippen molar-refractivity contribution in [2.45, 2.75) is 46.7 Å². The van der Waals surface area contributed by atoms with Crippen LogP contribution in [0.3, 0.4) is 0 Å². The smallest absolute Gasteiger partial charge is 0.315 e. The van der Waals surface area contributed by atoms with Crippen LogP contribution in [0.1, 0.15) is 40.0 Å². The first-order valence-electron chi connectivity index (χ1n) is 7.14. The molecule has 1 aromatic rings. The Bertz CT molecular complexity index is 401. The molecular weight excluding hydrogens is 258 g/mol. The molecule has 1 rings (SSSR count). The van der Waals surface area contributed by atoms with Gasteiger partial charge in [0.2, 0.25) is 11.8 Å². The van der Waals surface area contributed by atoms with Gasteiger partial charge in [0.1, 0.15) is 0 Å². The van der Waals surface area contributed by atoms with Crippen LogP contribution in [-0.4, -0.2) is 46.7 Å². The van der Waals surface area contributed by atoms with E-state index in [1.54, 1.807) is 4.90 Å². The highest BCUT2D eigenvalue weighted by atomic mass is 16.4. The Balaban J connectivity index is 2.30. The molecule has 0 aromatic carbocycles. The van der Waals surface area contributed by atoms with E-state index in [-0.39, 0.29) is 5.91 Å². The summed E-state index contributed by atoms with van der Waals surface area (Å²) in [5.41, 5.74) is 0. The summed E-state index contributed by atoms with van der Waals surface area (Å²) in [6.45, 7) is 10.6. The van der Waals surface area contributed by atoms with E-state index >= 15 is 0 Å². The van der Waals surface area contributed by atoms with Crippen LogP contribution in [0, 0.1) is 0 Å². The van der Waals surface area contributed by atoms with Gasteiger partial charge in [-0.2, -0.15) is 0 Å². The number of carbonyl (C=O) groups excluding carboxylic acids is 1. The number of nitrogens with one attached hydrogen (secondary N) is 2. The highest BCUT2D eigenvalue weighted by molar-refractivity contribution is 5.76. The molecule has 114 valence electrons. The van der Waals surface area contributed by atoms with Gasteiger partial charge in [-0.1, -0.05) is 18.9 Å². The third-order valence-electron chi connectivity index (χ3n) is 2.86. The average Bonchev–Trinajstić information content (AvgIpc) is 2.86. The standard InChI is InChI=1S/C13H25N5O2/c1-5-18(6-2)12(19)7-8-14-13-17-16-11(20-13)9-15-10(3)4/h10,15H,5-9H2,1-4H3,(H,14,17). The second kappa shape index (κ2) is 8.52. The molecule has 0 spiro atoms. The number of amides is 1. The van der Waals surface area contributed by atoms with Crippen molar-refractivity contribution in [2.75, 3.05) is 25.0 Å². The van der Waals surface area contributed by atoms with Gasteiger partial charge >= 0.3 is 6.01 Å². The zero-order valence-corrected chi connectivity index (χ0v) is 12.8. The zero-order chi connectivity index (χ0) is 15.0. The molecule has 0 radical (unpaired) electrons. The third-order valence-corrected chi connectivity index (χ3v) is 2.86. The van der Waals surface area contributed by atoms with Gasteiger partial charge in [0, 0.05) is 32.1 Å². The lowest BCUT2D eigenvalue weighted by Gasteiger charge is -2.18. The number of aromatic nitrogens is 2. The predicted octanol–water partition coefficient (Wildman–Crippen LogP) is 1.24. The van der Waals surface area contributed by atoms with E-state index in [9.17, 15) is 4.79 Å². The molecule has 0 aliphatic heterocycles. The normalized spacial score (nSPS) is 10.8. The zero-order valence-electron chi connectivity index (χ0n) is 12.8. The van der Waals surface area contributed by atoms with Gasteiger partial charge < -0.3 is 20.0 Å². The molecule has 1 heterocycles. The molecule has 0 saturated carbocycles. The molecule has 0 unspecified atom stereocenters. The second-order valence-electron chi connectivity index (χ2n) is 4.78. The van der Waals surface area contributed by atoms with Crippen LogP contribution in [0.15, 0.2) is 4.42 Å². The Morgan fingerprint density at radius 1 is 1.30 bits per heavy atom. The van der Waals surface area contributed by atoms with Crippen molar-refractivity contribution in [3.63, 3.8) is 0 Å². The first-order valence-corrected chi connectivity index (χ1v) is 7.14.